The molecule has 35 heavy (non-hydrogen) atoms. The molecule has 1 unspecified atom stereocenters. The van der Waals surface area contributed by atoms with Crippen molar-refractivity contribution in [3.05, 3.63) is 99.1 Å². The van der Waals surface area contributed by atoms with Crippen molar-refractivity contribution in [1.82, 2.24) is 14.4 Å². The molecule has 9 heteroatoms. The highest BCUT2D eigenvalue weighted by Gasteiger charge is 2.34. The van der Waals surface area contributed by atoms with Crippen LogP contribution in [0.3, 0.4) is 0 Å². The van der Waals surface area contributed by atoms with E-state index in [0.29, 0.717) is 24.2 Å². The minimum absolute atomic E-state index is 0.145. The van der Waals surface area contributed by atoms with E-state index in [1.807, 2.05) is 22.9 Å². The van der Waals surface area contributed by atoms with Crippen LogP contribution in [-0.2, 0) is 11.3 Å². The molecule has 1 aliphatic heterocycles. The lowest BCUT2D eigenvalue weighted by molar-refractivity contribution is -0.385. The molecule has 3 aromatic rings. The average Bonchev–Trinajstić information content (AvgIpc) is 3.30. The van der Waals surface area contributed by atoms with Crippen molar-refractivity contribution in [2.24, 2.45) is 0 Å². The molecule has 0 fully saturated rings. The number of aromatic nitrogens is 1. The van der Waals surface area contributed by atoms with Gasteiger partial charge in [0.1, 0.15) is 12.4 Å². The standard InChI is InChI=1S/C26H27FN4O4/c1-17(2)30(26(33)20-10-9-18(3)23(15-20)31(34)35)16-24(32)29-13-12-28-11-5-8-22(28)25(29)19-6-4-7-21(27)14-19/h4-11,14-15,17,25H,12-13,16H2,1-3H3. The van der Waals surface area contributed by atoms with Crippen LogP contribution in [0.4, 0.5) is 10.1 Å². The first-order valence-corrected chi connectivity index (χ1v) is 11.4. The number of aryl methyl sites for hydroxylation is 1. The fourth-order valence-electron chi connectivity index (χ4n) is 4.51. The zero-order valence-electron chi connectivity index (χ0n) is 19.8. The lowest BCUT2D eigenvalue weighted by atomic mass is 9.99. The maximum absolute atomic E-state index is 14.1. The number of rotatable bonds is 6. The van der Waals surface area contributed by atoms with E-state index in [4.69, 9.17) is 0 Å². The van der Waals surface area contributed by atoms with Crippen molar-refractivity contribution >= 4 is 17.5 Å². The summed E-state index contributed by atoms with van der Waals surface area (Å²) >= 11 is 0. The molecule has 0 saturated heterocycles. The molecule has 0 saturated carbocycles. The van der Waals surface area contributed by atoms with Gasteiger partial charge in [-0.2, -0.15) is 0 Å². The van der Waals surface area contributed by atoms with Gasteiger partial charge < -0.3 is 14.4 Å². The van der Waals surface area contributed by atoms with Gasteiger partial charge in [-0.25, -0.2) is 4.39 Å². The lowest BCUT2D eigenvalue weighted by Gasteiger charge is -2.39. The number of hydrogen-bond donors (Lipinski definition) is 0. The second-order valence-corrected chi connectivity index (χ2v) is 8.96. The van der Waals surface area contributed by atoms with Crippen LogP contribution in [0.1, 0.15) is 47.1 Å². The van der Waals surface area contributed by atoms with Crippen molar-refractivity contribution in [2.75, 3.05) is 13.1 Å². The molecule has 0 aliphatic carbocycles. The maximum Gasteiger partial charge on any atom is 0.273 e. The third kappa shape index (κ3) is 4.80. The third-order valence-electron chi connectivity index (χ3n) is 6.37. The van der Waals surface area contributed by atoms with Gasteiger partial charge in [-0.05, 0) is 56.7 Å². The molecule has 0 radical (unpaired) electrons. The zero-order valence-corrected chi connectivity index (χ0v) is 19.8. The van der Waals surface area contributed by atoms with Crippen LogP contribution in [0, 0.1) is 22.9 Å². The van der Waals surface area contributed by atoms with E-state index in [1.54, 1.807) is 37.8 Å². The highest BCUT2D eigenvalue weighted by atomic mass is 19.1. The van der Waals surface area contributed by atoms with Crippen LogP contribution < -0.4 is 0 Å². The fourth-order valence-corrected chi connectivity index (χ4v) is 4.51. The largest absolute Gasteiger partial charge is 0.348 e. The Hall–Kier alpha value is -4.01. The molecule has 1 atom stereocenters. The number of carbonyl (C=O) groups excluding carboxylic acids is 2. The Morgan fingerprint density at radius 2 is 1.91 bits per heavy atom. The molecule has 1 aliphatic rings. The van der Waals surface area contributed by atoms with Crippen molar-refractivity contribution in [1.29, 1.82) is 0 Å². The van der Waals surface area contributed by atoms with Gasteiger partial charge in [-0.15, -0.1) is 0 Å². The first-order chi connectivity index (χ1) is 16.7. The molecule has 182 valence electrons. The Kier molecular flexibility index (Phi) is 6.68. The Balaban J connectivity index is 1.64. The predicted octanol–water partition coefficient (Wildman–Crippen LogP) is 4.33. The number of nitro groups is 1. The summed E-state index contributed by atoms with van der Waals surface area (Å²) in [4.78, 5) is 40.8. The van der Waals surface area contributed by atoms with Crippen LogP contribution >= 0.6 is 0 Å². The van der Waals surface area contributed by atoms with Gasteiger partial charge in [0.05, 0.1) is 11.0 Å². The van der Waals surface area contributed by atoms with Gasteiger partial charge >= 0.3 is 0 Å². The Bertz CT molecular complexity index is 1290. The normalized spacial score (nSPS) is 15.1. The molecule has 1 aromatic heterocycles. The monoisotopic (exact) mass is 478 g/mol. The quantitative estimate of drug-likeness (QED) is 0.390. The van der Waals surface area contributed by atoms with Crippen LogP contribution in [0.25, 0.3) is 0 Å². The van der Waals surface area contributed by atoms with Crippen LogP contribution in [0.2, 0.25) is 0 Å². The molecule has 2 aromatic carbocycles. The third-order valence-corrected chi connectivity index (χ3v) is 6.37. The van der Waals surface area contributed by atoms with Crippen LogP contribution in [0.15, 0.2) is 60.8 Å². The summed E-state index contributed by atoms with van der Waals surface area (Å²) in [6.45, 7) is 5.97. The minimum atomic E-state index is -0.524. The summed E-state index contributed by atoms with van der Waals surface area (Å²) in [6, 6.07) is 13.5. The van der Waals surface area contributed by atoms with Gasteiger partial charge in [-0.1, -0.05) is 18.2 Å². The zero-order chi connectivity index (χ0) is 25.3. The molecule has 0 bridgehead atoms. The Morgan fingerprint density at radius 1 is 1.14 bits per heavy atom. The van der Waals surface area contributed by atoms with E-state index in [9.17, 15) is 24.1 Å². The highest BCUT2D eigenvalue weighted by molar-refractivity contribution is 5.97. The van der Waals surface area contributed by atoms with Crippen molar-refractivity contribution in [3.63, 3.8) is 0 Å². The van der Waals surface area contributed by atoms with E-state index < -0.39 is 22.7 Å². The molecular formula is C26H27FN4O4. The van der Waals surface area contributed by atoms with E-state index in [-0.39, 0.29) is 29.7 Å². The summed E-state index contributed by atoms with van der Waals surface area (Å²) in [5, 5.41) is 11.3. The molecule has 8 nitrogen and oxygen atoms in total. The second kappa shape index (κ2) is 9.69. The molecule has 2 amide bonds. The van der Waals surface area contributed by atoms with E-state index in [2.05, 4.69) is 0 Å². The number of fused-ring (bicyclic) bond motifs is 1. The van der Waals surface area contributed by atoms with E-state index in [1.165, 1.54) is 35.2 Å². The van der Waals surface area contributed by atoms with Crippen LogP contribution in [-0.4, -0.2) is 50.2 Å². The maximum atomic E-state index is 14.1. The number of halogens is 1. The van der Waals surface area contributed by atoms with E-state index in [0.717, 1.165) is 5.69 Å². The number of amides is 2. The summed E-state index contributed by atoms with van der Waals surface area (Å²) in [7, 11) is 0. The Morgan fingerprint density at radius 3 is 2.60 bits per heavy atom. The van der Waals surface area contributed by atoms with Crippen molar-refractivity contribution in [2.45, 2.75) is 39.4 Å². The smallest absolute Gasteiger partial charge is 0.273 e. The van der Waals surface area contributed by atoms with Gasteiger partial charge in [0, 0.05) is 48.2 Å². The lowest BCUT2D eigenvalue weighted by Crippen LogP contribution is -2.49. The topological polar surface area (TPSA) is 88.7 Å². The molecule has 0 spiro atoms. The fraction of sp³-hybridized carbons (Fsp3) is 0.308. The summed E-state index contributed by atoms with van der Waals surface area (Å²) < 4.78 is 16.1. The first kappa shape index (κ1) is 24.1. The summed E-state index contributed by atoms with van der Waals surface area (Å²) in [5.74, 6) is -1.13. The van der Waals surface area contributed by atoms with Crippen molar-refractivity contribution in [3.8, 4) is 0 Å². The molecular weight excluding hydrogens is 451 g/mol. The molecule has 2 heterocycles. The number of nitrogens with zero attached hydrogens (tertiary/aromatic N) is 4. The number of benzene rings is 2. The first-order valence-electron chi connectivity index (χ1n) is 11.4. The predicted molar refractivity (Wildman–Crippen MR) is 128 cm³/mol. The molecule has 4 rings (SSSR count). The SMILES string of the molecule is Cc1ccc(C(=O)N(CC(=O)N2CCn3cccc3C2c2cccc(F)c2)C(C)C)cc1[N+](=O)[O-]. The van der Waals surface area contributed by atoms with Crippen LogP contribution in [0.5, 0.6) is 0 Å². The molecule has 0 N–H and O–H groups in total. The number of nitro benzene ring substituents is 1. The summed E-state index contributed by atoms with van der Waals surface area (Å²) in [6.07, 6.45) is 1.93. The minimum Gasteiger partial charge on any atom is -0.348 e. The Labute approximate surface area is 202 Å². The van der Waals surface area contributed by atoms with Gasteiger partial charge in [0.15, 0.2) is 0 Å². The number of carbonyl (C=O) groups is 2. The van der Waals surface area contributed by atoms with Gasteiger partial charge in [-0.3, -0.25) is 19.7 Å². The summed E-state index contributed by atoms with van der Waals surface area (Å²) in [5.41, 5.74) is 1.97. The number of hydrogen-bond acceptors (Lipinski definition) is 4. The van der Waals surface area contributed by atoms with Gasteiger partial charge in [0.2, 0.25) is 5.91 Å². The van der Waals surface area contributed by atoms with E-state index >= 15 is 0 Å². The van der Waals surface area contributed by atoms with Crippen molar-refractivity contribution < 1.29 is 18.9 Å². The average molecular weight is 479 g/mol. The van der Waals surface area contributed by atoms with Gasteiger partial charge in [0.25, 0.3) is 11.6 Å². The second-order valence-electron chi connectivity index (χ2n) is 8.96. The highest BCUT2D eigenvalue weighted by Crippen LogP contribution is 2.33.